The number of aromatic hydroxyl groups is 1. The Labute approximate surface area is 161 Å². The maximum atomic E-state index is 13.8. The van der Waals surface area contributed by atoms with Gasteiger partial charge in [0, 0.05) is 17.3 Å². The van der Waals surface area contributed by atoms with Crippen LogP contribution in [0.5, 0.6) is 5.75 Å². The highest BCUT2D eigenvalue weighted by Gasteiger charge is 2.26. The molecule has 0 radical (unpaired) electrons. The fraction of sp³-hybridized carbons (Fsp3) is 0.278. The zero-order chi connectivity index (χ0) is 20.4. The molecule has 0 heterocycles. The Balaban J connectivity index is 2.25. The van der Waals surface area contributed by atoms with Gasteiger partial charge in [0.1, 0.15) is 11.6 Å². The van der Waals surface area contributed by atoms with Crippen LogP contribution in [0.1, 0.15) is 12.5 Å². The van der Waals surface area contributed by atoms with E-state index in [1.54, 1.807) is 0 Å². The molecule has 0 spiro atoms. The van der Waals surface area contributed by atoms with Crippen LogP contribution >= 0.6 is 11.6 Å². The number of carbonyl (C=O) groups is 1. The highest BCUT2D eigenvalue weighted by Crippen LogP contribution is 2.26. The van der Waals surface area contributed by atoms with Crippen molar-refractivity contribution in [3.8, 4) is 5.75 Å². The summed E-state index contributed by atoms with van der Waals surface area (Å²) in [5.74, 6) is -2.60. The number of aliphatic hydroxyl groups excluding tert-OH is 1. The molecule has 0 aliphatic carbocycles. The van der Waals surface area contributed by atoms with E-state index in [-0.39, 0.29) is 27.8 Å². The molecule has 1 amide bonds. The zero-order valence-electron chi connectivity index (χ0n) is 14.6. The van der Waals surface area contributed by atoms with E-state index in [9.17, 15) is 27.8 Å². The molecule has 3 N–H and O–H groups in total. The molecule has 9 heteroatoms. The van der Waals surface area contributed by atoms with Gasteiger partial charge in [-0.15, -0.1) is 0 Å². The third-order valence-corrected chi connectivity index (χ3v) is 5.48. The maximum Gasteiger partial charge on any atom is 0.230 e. The van der Waals surface area contributed by atoms with Gasteiger partial charge in [-0.2, -0.15) is 0 Å². The van der Waals surface area contributed by atoms with Crippen molar-refractivity contribution in [2.24, 2.45) is 5.92 Å². The van der Waals surface area contributed by atoms with Gasteiger partial charge in [0.2, 0.25) is 5.91 Å². The monoisotopic (exact) mass is 415 g/mol. The predicted molar refractivity (Wildman–Crippen MR) is 100 cm³/mol. The first-order chi connectivity index (χ1) is 12.5. The number of phenolic OH excluding ortho intramolecular Hbond substituents is 1. The van der Waals surface area contributed by atoms with E-state index in [2.05, 4.69) is 5.32 Å². The molecule has 0 bridgehead atoms. The van der Waals surface area contributed by atoms with Crippen LogP contribution in [0.4, 0.5) is 10.1 Å². The van der Waals surface area contributed by atoms with Gasteiger partial charge < -0.3 is 15.5 Å². The number of hydrogen-bond donors (Lipinski definition) is 3. The van der Waals surface area contributed by atoms with Gasteiger partial charge in [0.15, 0.2) is 9.84 Å². The fourth-order valence-electron chi connectivity index (χ4n) is 2.48. The van der Waals surface area contributed by atoms with Crippen LogP contribution < -0.4 is 5.32 Å². The molecule has 0 saturated heterocycles. The Bertz CT molecular complexity index is 962. The van der Waals surface area contributed by atoms with Gasteiger partial charge in [-0.05, 0) is 43.2 Å². The predicted octanol–water partition coefficient (Wildman–Crippen LogP) is 2.77. The number of phenols is 1. The Morgan fingerprint density at radius 3 is 2.48 bits per heavy atom. The Morgan fingerprint density at radius 2 is 1.93 bits per heavy atom. The number of benzene rings is 2. The van der Waals surface area contributed by atoms with Crippen molar-refractivity contribution >= 4 is 33.0 Å². The lowest BCUT2D eigenvalue weighted by Gasteiger charge is -2.20. The molecule has 2 aromatic rings. The third kappa shape index (κ3) is 5.41. The first-order valence-electron chi connectivity index (χ1n) is 7.95. The normalized spacial score (nSPS) is 13.8. The fourth-order valence-corrected chi connectivity index (χ4v) is 3.45. The highest BCUT2D eigenvalue weighted by atomic mass is 35.5. The maximum absolute atomic E-state index is 13.8. The smallest absolute Gasteiger partial charge is 0.230 e. The molecule has 2 rings (SSSR count). The molecule has 0 aliphatic heterocycles. The summed E-state index contributed by atoms with van der Waals surface area (Å²) in [4.78, 5) is 12.5. The van der Waals surface area contributed by atoms with E-state index in [1.165, 1.54) is 25.1 Å². The van der Waals surface area contributed by atoms with E-state index >= 15 is 0 Å². The topological polar surface area (TPSA) is 104 Å². The molecular formula is C18H19ClFNO5S. The van der Waals surface area contributed by atoms with Crippen molar-refractivity contribution in [3.05, 3.63) is 52.8 Å². The van der Waals surface area contributed by atoms with Gasteiger partial charge in [-0.25, -0.2) is 12.8 Å². The third-order valence-electron chi connectivity index (χ3n) is 4.02. The molecular weight excluding hydrogens is 397 g/mol. The summed E-state index contributed by atoms with van der Waals surface area (Å²) in [6.45, 7) is 1.40. The minimum atomic E-state index is -3.43. The summed E-state index contributed by atoms with van der Waals surface area (Å²) < 4.78 is 36.9. The Morgan fingerprint density at radius 1 is 1.26 bits per heavy atom. The number of sulfone groups is 1. The van der Waals surface area contributed by atoms with Crippen LogP contribution in [0, 0.1) is 11.7 Å². The summed E-state index contributed by atoms with van der Waals surface area (Å²) in [5.41, 5.74) is 0.241. The Kier molecular flexibility index (Phi) is 6.46. The van der Waals surface area contributed by atoms with Gasteiger partial charge in [0.05, 0.1) is 22.6 Å². The molecule has 2 atom stereocenters. The number of amides is 1. The average molecular weight is 416 g/mol. The van der Waals surface area contributed by atoms with Crippen LogP contribution in [0.3, 0.4) is 0 Å². The lowest BCUT2D eigenvalue weighted by molar-refractivity contribution is -0.122. The number of nitrogens with one attached hydrogen (secondary N) is 1. The molecule has 2 aromatic carbocycles. The van der Waals surface area contributed by atoms with Gasteiger partial charge >= 0.3 is 0 Å². The molecule has 0 aromatic heterocycles. The molecule has 0 aliphatic rings. The molecule has 27 heavy (non-hydrogen) atoms. The van der Waals surface area contributed by atoms with E-state index in [0.29, 0.717) is 5.56 Å². The van der Waals surface area contributed by atoms with Crippen molar-refractivity contribution in [2.45, 2.75) is 24.3 Å². The van der Waals surface area contributed by atoms with Crippen LogP contribution in [0.25, 0.3) is 0 Å². The largest absolute Gasteiger partial charge is 0.508 e. The molecule has 0 saturated carbocycles. The second-order valence-electron chi connectivity index (χ2n) is 6.23. The SMILES string of the molecule is CC(O)C(Cc1ccc(S(C)(=O)=O)cc1Cl)C(=O)Nc1cc(O)ccc1F. The molecule has 2 unspecified atom stereocenters. The average Bonchev–Trinajstić information content (AvgIpc) is 2.55. The quantitative estimate of drug-likeness (QED) is 0.673. The van der Waals surface area contributed by atoms with Crippen molar-refractivity contribution < 1.29 is 27.8 Å². The lowest BCUT2D eigenvalue weighted by Crippen LogP contribution is -2.33. The van der Waals surface area contributed by atoms with Crippen molar-refractivity contribution in [1.82, 2.24) is 0 Å². The summed E-state index contributed by atoms with van der Waals surface area (Å²) >= 11 is 6.12. The standard InChI is InChI=1S/C18H19ClFNO5S/c1-10(22)14(18(24)21-17-8-12(23)4-6-16(17)20)7-11-3-5-13(9-15(11)19)27(2,25)26/h3-6,8-10,14,22-23H,7H2,1-2H3,(H,21,24). The van der Waals surface area contributed by atoms with E-state index in [4.69, 9.17) is 11.6 Å². The summed E-state index contributed by atoms with van der Waals surface area (Å²) in [7, 11) is -3.43. The highest BCUT2D eigenvalue weighted by molar-refractivity contribution is 7.90. The Hall–Kier alpha value is -2.16. The lowest BCUT2D eigenvalue weighted by atomic mass is 9.93. The van der Waals surface area contributed by atoms with E-state index < -0.39 is 33.6 Å². The molecule has 6 nitrogen and oxygen atoms in total. The molecule has 0 fully saturated rings. The van der Waals surface area contributed by atoms with Crippen molar-refractivity contribution in [1.29, 1.82) is 0 Å². The van der Waals surface area contributed by atoms with Gasteiger partial charge in [-0.1, -0.05) is 17.7 Å². The first-order valence-corrected chi connectivity index (χ1v) is 10.2. The van der Waals surface area contributed by atoms with Gasteiger partial charge in [0.25, 0.3) is 0 Å². The van der Waals surface area contributed by atoms with E-state index in [1.807, 2.05) is 0 Å². The van der Waals surface area contributed by atoms with Crippen molar-refractivity contribution in [2.75, 3.05) is 11.6 Å². The zero-order valence-corrected chi connectivity index (χ0v) is 16.2. The summed E-state index contributed by atoms with van der Waals surface area (Å²) in [6, 6.07) is 7.31. The van der Waals surface area contributed by atoms with Crippen molar-refractivity contribution in [3.63, 3.8) is 0 Å². The number of carbonyl (C=O) groups excluding carboxylic acids is 1. The summed E-state index contributed by atoms with van der Waals surface area (Å²) in [5, 5.41) is 21.9. The minimum Gasteiger partial charge on any atom is -0.508 e. The van der Waals surface area contributed by atoms with Crippen LogP contribution in [0.15, 0.2) is 41.3 Å². The number of rotatable bonds is 6. The van der Waals surface area contributed by atoms with Crippen LogP contribution in [0.2, 0.25) is 5.02 Å². The number of halogens is 2. The van der Waals surface area contributed by atoms with E-state index in [0.717, 1.165) is 24.5 Å². The second kappa shape index (κ2) is 8.24. The summed E-state index contributed by atoms with van der Waals surface area (Å²) in [6.07, 6.45) is -0.0305. The number of aliphatic hydroxyl groups is 1. The minimum absolute atomic E-state index is 0.00676. The second-order valence-corrected chi connectivity index (χ2v) is 8.65. The first kappa shape index (κ1) is 21.1. The van der Waals surface area contributed by atoms with Crippen LogP contribution in [-0.4, -0.2) is 36.9 Å². The number of anilines is 1. The van der Waals surface area contributed by atoms with Crippen LogP contribution in [-0.2, 0) is 21.1 Å². The molecule has 146 valence electrons. The van der Waals surface area contributed by atoms with Gasteiger partial charge in [-0.3, -0.25) is 4.79 Å². The number of hydrogen-bond acceptors (Lipinski definition) is 5.